The number of hydrogen-bond acceptors (Lipinski definition) is 2. The molecule has 3 nitrogen and oxygen atoms in total. The summed E-state index contributed by atoms with van der Waals surface area (Å²) < 4.78 is 0. The quantitative estimate of drug-likeness (QED) is 0.333. The van der Waals surface area contributed by atoms with Crippen molar-refractivity contribution in [2.75, 3.05) is 0 Å². The first-order valence-electron chi connectivity index (χ1n) is 3.19. The molecule has 0 bridgehead atoms. The van der Waals surface area contributed by atoms with Crippen molar-refractivity contribution in [3.8, 4) is 0 Å². The summed E-state index contributed by atoms with van der Waals surface area (Å²) in [6.07, 6.45) is 1.35. The largest absolute Gasteiger partial charge is 0.598 e. The van der Waals surface area contributed by atoms with Crippen LogP contribution in [0.4, 0.5) is 0 Å². The van der Waals surface area contributed by atoms with Crippen LogP contribution >= 0.6 is 0 Å². The molecule has 0 rings (SSSR count). The van der Waals surface area contributed by atoms with Gasteiger partial charge in [0.25, 0.3) is 0 Å². The smallest absolute Gasteiger partial charge is 0.223 e. The van der Waals surface area contributed by atoms with E-state index < -0.39 is 6.10 Å². The van der Waals surface area contributed by atoms with Gasteiger partial charge in [-0.1, -0.05) is 13.8 Å². The molecule has 58 valence electrons. The fraction of sp³-hybridized carbons (Fsp3) is 0.571. The van der Waals surface area contributed by atoms with Crippen molar-refractivity contribution >= 4 is 6.21 Å². The number of rotatable bonds is 3. The second-order valence-electron chi connectivity index (χ2n) is 2.48. The molecule has 0 amide bonds. The molecule has 0 aliphatic rings. The van der Waals surface area contributed by atoms with Crippen molar-refractivity contribution in [1.82, 2.24) is 0 Å². The number of nitrogens with one attached hydrogen (secondary N) is 1. The second kappa shape index (κ2) is 4.06. The van der Waals surface area contributed by atoms with Crippen LogP contribution in [0.2, 0.25) is 0 Å². The maximum absolute atomic E-state index is 9.25. The van der Waals surface area contributed by atoms with Gasteiger partial charge in [-0.25, -0.2) is 0 Å². The van der Waals surface area contributed by atoms with Crippen molar-refractivity contribution in [3.05, 3.63) is 11.8 Å². The highest BCUT2D eigenvalue weighted by atomic mass is 16.3. The minimum absolute atomic E-state index is 0.0678. The Morgan fingerprint density at radius 1 is 1.60 bits per heavy atom. The summed E-state index contributed by atoms with van der Waals surface area (Å²) in [5.41, 5.74) is 0.356. The topological polar surface area (TPSA) is 67.0 Å². The minimum atomic E-state index is -0.671. The van der Waals surface area contributed by atoms with Crippen LogP contribution in [0.1, 0.15) is 13.8 Å². The summed E-state index contributed by atoms with van der Waals surface area (Å²) in [7, 11) is 0. The zero-order valence-electron chi connectivity index (χ0n) is 6.26. The van der Waals surface area contributed by atoms with Crippen molar-refractivity contribution in [2.24, 2.45) is 5.92 Å². The maximum Gasteiger partial charge on any atom is 0.223 e. The van der Waals surface area contributed by atoms with Gasteiger partial charge in [0.15, 0.2) is 0 Å². The SMILES string of the molecule is CC(C)C(O)/C(C=N)=C/[OH2+]. The van der Waals surface area contributed by atoms with Gasteiger partial charge in [0, 0.05) is 6.21 Å². The van der Waals surface area contributed by atoms with Gasteiger partial charge >= 0.3 is 0 Å². The van der Waals surface area contributed by atoms with Crippen molar-refractivity contribution in [2.45, 2.75) is 20.0 Å². The number of aliphatic hydroxyl groups excluding tert-OH is 1. The Labute approximate surface area is 60.5 Å². The average Bonchev–Trinajstić information content (AvgIpc) is 1.90. The summed E-state index contributed by atoms with van der Waals surface area (Å²) in [6.45, 7) is 3.69. The van der Waals surface area contributed by atoms with Gasteiger partial charge in [0.2, 0.25) is 6.26 Å². The number of aliphatic hydroxyl groups is 1. The molecule has 0 aromatic carbocycles. The Balaban J connectivity index is 4.16. The van der Waals surface area contributed by atoms with E-state index in [0.29, 0.717) is 5.57 Å². The Morgan fingerprint density at radius 2 is 2.10 bits per heavy atom. The van der Waals surface area contributed by atoms with Gasteiger partial charge in [-0.15, -0.1) is 0 Å². The summed E-state index contributed by atoms with van der Waals surface area (Å²) in [4.78, 5) is 0. The highest BCUT2D eigenvalue weighted by molar-refractivity contribution is 5.76. The summed E-state index contributed by atoms with van der Waals surface area (Å²) in [5.74, 6) is 0.0678. The summed E-state index contributed by atoms with van der Waals surface area (Å²) in [6, 6.07) is 0. The van der Waals surface area contributed by atoms with Crippen molar-refractivity contribution in [3.63, 3.8) is 0 Å². The Bertz CT molecular complexity index is 141. The molecule has 0 saturated carbocycles. The molecule has 1 atom stereocenters. The van der Waals surface area contributed by atoms with Gasteiger partial charge in [-0.3, -0.25) is 0 Å². The van der Waals surface area contributed by atoms with Crippen LogP contribution in [0.5, 0.6) is 0 Å². The maximum atomic E-state index is 9.25. The van der Waals surface area contributed by atoms with Crippen LogP contribution < -0.4 is 0 Å². The van der Waals surface area contributed by atoms with Gasteiger partial charge < -0.3 is 15.6 Å². The lowest BCUT2D eigenvalue weighted by Crippen LogP contribution is -2.18. The summed E-state index contributed by atoms with van der Waals surface area (Å²) >= 11 is 0. The molecule has 0 aromatic rings. The zero-order chi connectivity index (χ0) is 8.15. The summed E-state index contributed by atoms with van der Waals surface area (Å²) in [5, 5.41) is 22.9. The molecule has 3 heteroatoms. The van der Waals surface area contributed by atoms with Gasteiger partial charge in [0.05, 0.1) is 11.7 Å². The fourth-order valence-corrected chi connectivity index (χ4v) is 0.597. The molecule has 0 radical (unpaired) electrons. The van der Waals surface area contributed by atoms with Gasteiger partial charge in [0.1, 0.15) is 0 Å². The molecule has 0 fully saturated rings. The Morgan fingerprint density at radius 3 is 2.20 bits per heavy atom. The van der Waals surface area contributed by atoms with E-state index in [1.165, 1.54) is 0 Å². The lowest BCUT2D eigenvalue weighted by atomic mass is 10.0. The molecule has 0 aliphatic heterocycles. The molecular weight excluding hydrogens is 130 g/mol. The third-order valence-electron chi connectivity index (χ3n) is 1.31. The van der Waals surface area contributed by atoms with E-state index in [-0.39, 0.29) is 5.92 Å². The highest BCUT2D eigenvalue weighted by Crippen LogP contribution is 2.08. The normalized spacial score (nSPS) is 15.4. The van der Waals surface area contributed by atoms with Crippen LogP contribution in [0.15, 0.2) is 11.8 Å². The Kier molecular flexibility index (Phi) is 3.72. The van der Waals surface area contributed by atoms with E-state index in [1.54, 1.807) is 0 Å². The molecule has 10 heavy (non-hydrogen) atoms. The van der Waals surface area contributed by atoms with Crippen molar-refractivity contribution in [1.29, 1.82) is 5.41 Å². The third-order valence-corrected chi connectivity index (χ3v) is 1.31. The molecule has 0 heterocycles. The fourth-order valence-electron chi connectivity index (χ4n) is 0.597. The third kappa shape index (κ3) is 2.19. The van der Waals surface area contributed by atoms with Crippen LogP contribution in [0.25, 0.3) is 0 Å². The molecule has 0 aromatic heterocycles. The second-order valence-corrected chi connectivity index (χ2v) is 2.48. The lowest BCUT2D eigenvalue weighted by molar-refractivity contribution is 0.163. The van der Waals surface area contributed by atoms with Crippen LogP contribution in [-0.4, -0.2) is 22.5 Å². The van der Waals surface area contributed by atoms with E-state index in [1.807, 2.05) is 13.8 Å². The number of hydrogen-bond donors (Lipinski definition) is 2. The molecule has 0 saturated heterocycles. The van der Waals surface area contributed by atoms with Crippen molar-refractivity contribution < 1.29 is 10.2 Å². The molecule has 1 unspecified atom stereocenters. The van der Waals surface area contributed by atoms with Crippen LogP contribution in [-0.2, 0) is 0 Å². The standard InChI is InChI=1S/C7H13NO2/c1-5(2)7(10)6(3-8)4-9/h3-5,7-10H,1-2H3/p+1/b6-4+,8-3?. The van der Waals surface area contributed by atoms with E-state index >= 15 is 0 Å². The van der Waals surface area contributed by atoms with E-state index in [0.717, 1.165) is 12.5 Å². The van der Waals surface area contributed by atoms with Gasteiger partial charge in [-0.2, -0.15) is 0 Å². The first-order valence-corrected chi connectivity index (χ1v) is 3.19. The average molecular weight is 144 g/mol. The molecule has 0 spiro atoms. The first-order chi connectivity index (χ1) is 4.63. The molecular formula is C7H14NO2+. The predicted molar refractivity (Wildman–Crippen MR) is 41.3 cm³/mol. The van der Waals surface area contributed by atoms with Crippen LogP contribution in [0, 0.1) is 11.3 Å². The molecule has 0 aliphatic carbocycles. The lowest BCUT2D eigenvalue weighted by Gasteiger charge is -2.11. The zero-order valence-corrected chi connectivity index (χ0v) is 6.26. The monoisotopic (exact) mass is 144 g/mol. The Hall–Kier alpha value is -0.830. The van der Waals surface area contributed by atoms with E-state index in [4.69, 9.17) is 10.5 Å². The minimum Gasteiger partial charge on any atom is -0.598 e. The van der Waals surface area contributed by atoms with E-state index in [2.05, 4.69) is 0 Å². The highest BCUT2D eigenvalue weighted by Gasteiger charge is 2.14. The van der Waals surface area contributed by atoms with Gasteiger partial charge in [-0.05, 0) is 5.92 Å². The van der Waals surface area contributed by atoms with E-state index in [9.17, 15) is 5.11 Å². The first kappa shape index (κ1) is 9.17. The van der Waals surface area contributed by atoms with Crippen LogP contribution in [0.3, 0.4) is 0 Å². The molecule has 4 N–H and O–H groups in total. The predicted octanol–water partition coefficient (Wildman–Crippen LogP) is 0.261.